The van der Waals surface area contributed by atoms with Gasteiger partial charge in [0.2, 0.25) is 0 Å². The Labute approximate surface area is 185 Å². The second-order valence-electron chi connectivity index (χ2n) is 7.67. The van der Waals surface area contributed by atoms with Gasteiger partial charge in [-0.3, -0.25) is 4.99 Å². The lowest BCUT2D eigenvalue weighted by Crippen LogP contribution is -2.39. The van der Waals surface area contributed by atoms with Crippen LogP contribution in [0, 0.1) is 5.92 Å². The third-order valence-corrected chi connectivity index (χ3v) is 5.20. The number of furan rings is 1. The summed E-state index contributed by atoms with van der Waals surface area (Å²) in [6.07, 6.45) is 5.44. The monoisotopic (exact) mass is 429 g/mol. The normalized spacial score (nSPS) is 16.4. The van der Waals surface area contributed by atoms with Crippen molar-refractivity contribution in [2.75, 3.05) is 53.2 Å². The van der Waals surface area contributed by atoms with Gasteiger partial charge in [0.1, 0.15) is 11.5 Å². The summed E-state index contributed by atoms with van der Waals surface area (Å²) < 4.78 is 21.8. The predicted octanol–water partition coefficient (Wildman–Crippen LogP) is 3.05. The highest BCUT2D eigenvalue weighted by atomic mass is 16.5. The number of ether oxygens (including phenoxy) is 3. The van der Waals surface area contributed by atoms with Gasteiger partial charge in [0.25, 0.3) is 0 Å². The summed E-state index contributed by atoms with van der Waals surface area (Å²) in [5.74, 6) is 3.22. The van der Waals surface area contributed by atoms with Gasteiger partial charge in [-0.1, -0.05) is 12.1 Å². The Kier molecular flexibility index (Phi) is 10.3. The molecule has 1 aliphatic heterocycles. The van der Waals surface area contributed by atoms with Gasteiger partial charge in [0, 0.05) is 45.2 Å². The van der Waals surface area contributed by atoms with Crippen molar-refractivity contribution in [2.45, 2.75) is 25.7 Å². The van der Waals surface area contributed by atoms with Gasteiger partial charge in [-0.2, -0.15) is 0 Å². The zero-order valence-electron chi connectivity index (χ0n) is 18.5. The summed E-state index contributed by atoms with van der Waals surface area (Å²) in [7, 11) is 1.68. The molecule has 7 heteroatoms. The molecule has 1 saturated heterocycles. The fourth-order valence-electron chi connectivity index (χ4n) is 3.37. The van der Waals surface area contributed by atoms with E-state index in [2.05, 4.69) is 22.8 Å². The Morgan fingerprint density at radius 2 is 1.97 bits per heavy atom. The lowest BCUT2D eigenvalue weighted by Gasteiger charge is -2.13. The Balaban J connectivity index is 1.38. The standard InChI is InChI=1S/C24H35N3O4/c1-28-22-7-5-20(6-8-22)9-13-26-24(27-14-10-23-4-2-16-31-23)25-12-3-15-29-18-21-11-17-30-19-21/h2,4-8,16,21H,3,9-15,17-19H2,1H3,(H2,25,26,27). The lowest BCUT2D eigenvalue weighted by molar-refractivity contribution is 0.0893. The van der Waals surface area contributed by atoms with Crippen molar-refractivity contribution >= 4 is 5.96 Å². The Bertz CT molecular complexity index is 741. The van der Waals surface area contributed by atoms with Gasteiger partial charge in [0.15, 0.2) is 5.96 Å². The number of guanidine groups is 1. The topological polar surface area (TPSA) is 77.2 Å². The first kappa shape index (κ1) is 23.2. The first-order valence-electron chi connectivity index (χ1n) is 11.2. The molecule has 7 nitrogen and oxygen atoms in total. The van der Waals surface area contributed by atoms with Crippen molar-refractivity contribution in [3.63, 3.8) is 0 Å². The molecule has 2 heterocycles. The van der Waals surface area contributed by atoms with Crippen LogP contribution in [0.4, 0.5) is 0 Å². The second kappa shape index (κ2) is 13.7. The van der Waals surface area contributed by atoms with Crippen LogP contribution < -0.4 is 15.4 Å². The van der Waals surface area contributed by atoms with E-state index in [1.165, 1.54) is 5.56 Å². The number of hydrogen-bond donors (Lipinski definition) is 2. The third-order valence-electron chi connectivity index (χ3n) is 5.20. The maximum atomic E-state index is 5.77. The minimum atomic E-state index is 0.557. The average Bonchev–Trinajstić information content (AvgIpc) is 3.50. The minimum Gasteiger partial charge on any atom is -0.497 e. The van der Waals surface area contributed by atoms with Crippen molar-refractivity contribution in [1.82, 2.24) is 10.6 Å². The van der Waals surface area contributed by atoms with Crippen molar-refractivity contribution in [3.8, 4) is 5.75 Å². The Morgan fingerprint density at radius 3 is 2.68 bits per heavy atom. The summed E-state index contributed by atoms with van der Waals surface area (Å²) in [6.45, 7) is 5.51. The SMILES string of the molecule is COc1ccc(CCNC(=NCCCOCC2CCOC2)NCCc2ccco2)cc1. The number of nitrogens with one attached hydrogen (secondary N) is 2. The number of benzene rings is 1. The molecular formula is C24H35N3O4. The van der Waals surface area contributed by atoms with E-state index in [-0.39, 0.29) is 0 Å². The van der Waals surface area contributed by atoms with Crippen LogP contribution in [0.2, 0.25) is 0 Å². The smallest absolute Gasteiger partial charge is 0.191 e. The molecule has 0 bridgehead atoms. The first-order valence-corrected chi connectivity index (χ1v) is 11.2. The third kappa shape index (κ3) is 9.02. The van der Waals surface area contributed by atoms with E-state index >= 15 is 0 Å². The molecular weight excluding hydrogens is 394 g/mol. The number of nitrogens with zero attached hydrogens (tertiary/aromatic N) is 1. The van der Waals surface area contributed by atoms with Crippen LogP contribution in [0.5, 0.6) is 5.75 Å². The van der Waals surface area contributed by atoms with Gasteiger partial charge in [-0.15, -0.1) is 0 Å². The molecule has 1 aromatic carbocycles. The van der Waals surface area contributed by atoms with Crippen LogP contribution in [-0.4, -0.2) is 59.1 Å². The number of methoxy groups -OCH3 is 1. The molecule has 0 radical (unpaired) electrons. The van der Waals surface area contributed by atoms with Crippen LogP contribution in [0.3, 0.4) is 0 Å². The van der Waals surface area contributed by atoms with Gasteiger partial charge >= 0.3 is 0 Å². The molecule has 1 unspecified atom stereocenters. The maximum Gasteiger partial charge on any atom is 0.191 e. The van der Waals surface area contributed by atoms with E-state index in [1.807, 2.05) is 24.3 Å². The summed E-state index contributed by atoms with van der Waals surface area (Å²) in [5, 5.41) is 6.83. The Morgan fingerprint density at radius 1 is 1.13 bits per heavy atom. The second-order valence-corrected chi connectivity index (χ2v) is 7.67. The number of aliphatic imine (C=N–C) groups is 1. The molecule has 2 aromatic rings. The van der Waals surface area contributed by atoms with Crippen LogP contribution in [0.25, 0.3) is 0 Å². The van der Waals surface area contributed by atoms with Crippen LogP contribution in [-0.2, 0) is 22.3 Å². The molecule has 0 saturated carbocycles. The van der Waals surface area contributed by atoms with Gasteiger partial charge in [-0.05, 0) is 49.1 Å². The molecule has 31 heavy (non-hydrogen) atoms. The van der Waals surface area contributed by atoms with Crippen molar-refractivity contribution in [2.24, 2.45) is 10.9 Å². The minimum absolute atomic E-state index is 0.557. The quantitative estimate of drug-likeness (QED) is 0.290. The number of rotatable bonds is 13. The molecule has 1 fully saturated rings. The highest BCUT2D eigenvalue weighted by Gasteiger charge is 2.15. The van der Waals surface area contributed by atoms with Crippen LogP contribution in [0.1, 0.15) is 24.2 Å². The zero-order chi connectivity index (χ0) is 21.6. The van der Waals surface area contributed by atoms with E-state index in [0.29, 0.717) is 5.92 Å². The highest BCUT2D eigenvalue weighted by Crippen LogP contribution is 2.12. The zero-order valence-corrected chi connectivity index (χ0v) is 18.5. The molecule has 1 aliphatic rings. The highest BCUT2D eigenvalue weighted by molar-refractivity contribution is 5.79. The summed E-state index contributed by atoms with van der Waals surface area (Å²) in [5.41, 5.74) is 1.26. The predicted molar refractivity (Wildman–Crippen MR) is 122 cm³/mol. The summed E-state index contributed by atoms with van der Waals surface area (Å²) in [6, 6.07) is 12.1. The van der Waals surface area contributed by atoms with E-state index in [9.17, 15) is 0 Å². The van der Waals surface area contributed by atoms with Crippen molar-refractivity contribution < 1.29 is 18.6 Å². The van der Waals surface area contributed by atoms with Gasteiger partial charge in [-0.25, -0.2) is 0 Å². The molecule has 1 aromatic heterocycles. The lowest BCUT2D eigenvalue weighted by atomic mass is 10.1. The first-order chi connectivity index (χ1) is 15.3. The van der Waals surface area contributed by atoms with Gasteiger partial charge < -0.3 is 29.3 Å². The fraction of sp³-hybridized carbons (Fsp3) is 0.542. The fourth-order valence-corrected chi connectivity index (χ4v) is 3.37. The van der Waals surface area contributed by atoms with E-state index in [4.69, 9.17) is 23.6 Å². The van der Waals surface area contributed by atoms with Gasteiger partial charge in [0.05, 0.1) is 26.6 Å². The van der Waals surface area contributed by atoms with Crippen molar-refractivity contribution in [1.29, 1.82) is 0 Å². The van der Waals surface area contributed by atoms with E-state index in [0.717, 1.165) is 89.2 Å². The molecule has 170 valence electrons. The maximum absolute atomic E-state index is 5.77. The summed E-state index contributed by atoms with van der Waals surface area (Å²) in [4.78, 5) is 4.71. The molecule has 3 rings (SSSR count). The average molecular weight is 430 g/mol. The molecule has 0 spiro atoms. The molecule has 2 N–H and O–H groups in total. The van der Waals surface area contributed by atoms with E-state index in [1.54, 1.807) is 13.4 Å². The number of hydrogen-bond acceptors (Lipinski definition) is 5. The summed E-state index contributed by atoms with van der Waals surface area (Å²) >= 11 is 0. The van der Waals surface area contributed by atoms with Crippen LogP contribution in [0.15, 0.2) is 52.1 Å². The molecule has 0 aliphatic carbocycles. The molecule has 1 atom stereocenters. The molecule has 0 amide bonds. The Hall–Kier alpha value is -2.51. The van der Waals surface area contributed by atoms with Crippen molar-refractivity contribution in [3.05, 3.63) is 54.0 Å². The van der Waals surface area contributed by atoms with Crippen LogP contribution >= 0.6 is 0 Å². The van der Waals surface area contributed by atoms with E-state index < -0.39 is 0 Å². The largest absolute Gasteiger partial charge is 0.497 e.